The third kappa shape index (κ3) is 2.58. The van der Waals surface area contributed by atoms with Crippen molar-refractivity contribution in [3.63, 3.8) is 0 Å². The van der Waals surface area contributed by atoms with Crippen LogP contribution in [0.4, 0.5) is 0 Å². The van der Waals surface area contributed by atoms with Crippen molar-refractivity contribution in [2.45, 2.75) is 53.1 Å². The van der Waals surface area contributed by atoms with Crippen LogP contribution in [0.25, 0.3) is 0 Å². The highest BCUT2D eigenvalue weighted by Gasteiger charge is 2.44. The molecule has 3 nitrogen and oxygen atoms in total. The van der Waals surface area contributed by atoms with Gasteiger partial charge in [-0.15, -0.1) is 0 Å². The van der Waals surface area contributed by atoms with Gasteiger partial charge in [0.2, 0.25) is 0 Å². The Balaban J connectivity index is 2.49. The second-order valence-corrected chi connectivity index (χ2v) is 6.35. The Labute approximate surface area is 121 Å². The van der Waals surface area contributed by atoms with Gasteiger partial charge in [0.1, 0.15) is 6.10 Å². The molecule has 1 fully saturated rings. The summed E-state index contributed by atoms with van der Waals surface area (Å²) in [6, 6.07) is 0. The first-order valence-electron chi connectivity index (χ1n) is 7.39. The van der Waals surface area contributed by atoms with Crippen LogP contribution in [0.15, 0.2) is 23.3 Å². The van der Waals surface area contributed by atoms with Crippen LogP contribution < -0.4 is 0 Å². The van der Waals surface area contributed by atoms with Gasteiger partial charge in [0.25, 0.3) is 0 Å². The summed E-state index contributed by atoms with van der Waals surface area (Å²) in [5, 5.41) is 0. The number of Topliss-reactive ketones (excluding diaryl/α,β-unsaturated/α-hetero) is 1. The Morgan fingerprint density at radius 3 is 2.50 bits per heavy atom. The molecule has 4 atom stereocenters. The summed E-state index contributed by atoms with van der Waals surface area (Å²) < 4.78 is 5.62. The number of hydrogen-bond acceptors (Lipinski definition) is 3. The zero-order valence-corrected chi connectivity index (χ0v) is 12.9. The Hall–Kier alpha value is -1.38. The van der Waals surface area contributed by atoms with Crippen molar-refractivity contribution in [3.05, 3.63) is 23.3 Å². The predicted molar refractivity (Wildman–Crippen MR) is 78.1 cm³/mol. The van der Waals surface area contributed by atoms with Gasteiger partial charge in [-0.1, -0.05) is 19.1 Å². The molecule has 0 radical (unpaired) electrons. The van der Waals surface area contributed by atoms with E-state index in [9.17, 15) is 9.59 Å². The third-order valence-corrected chi connectivity index (χ3v) is 4.87. The van der Waals surface area contributed by atoms with Crippen LogP contribution in [0.2, 0.25) is 0 Å². The minimum absolute atomic E-state index is 0.127. The molecule has 2 rings (SSSR count). The lowest BCUT2D eigenvalue weighted by atomic mass is 9.84. The fourth-order valence-corrected chi connectivity index (χ4v) is 3.67. The van der Waals surface area contributed by atoms with Gasteiger partial charge in [0.15, 0.2) is 5.78 Å². The number of carbonyl (C=O) groups is 2. The fraction of sp³-hybridized carbons (Fsp3) is 0.647. The van der Waals surface area contributed by atoms with E-state index in [0.717, 1.165) is 29.6 Å². The quantitative estimate of drug-likeness (QED) is 0.573. The Morgan fingerprint density at radius 1 is 1.30 bits per heavy atom. The van der Waals surface area contributed by atoms with Gasteiger partial charge in [-0.25, -0.2) is 0 Å². The summed E-state index contributed by atoms with van der Waals surface area (Å²) in [5.74, 6) is 0.734. The van der Waals surface area contributed by atoms with Crippen molar-refractivity contribution in [1.82, 2.24) is 0 Å². The molecule has 2 aliphatic rings. The van der Waals surface area contributed by atoms with E-state index in [1.54, 1.807) is 0 Å². The van der Waals surface area contributed by atoms with Crippen molar-refractivity contribution in [1.29, 1.82) is 0 Å². The first kappa shape index (κ1) is 15.0. The van der Waals surface area contributed by atoms with E-state index >= 15 is 0 Å². The van der Waals surface area contributed by atoms with E-state index in [0.29, 0.717) is 12.3 Å². The van der Waals surface area contributed by atoms with Gasteiger partial charge in [0, 0.05) is 19.3 Å². The van der Waals surface area contributed by atoms with Gasteiger partial charge < -0.3 is 4.74 Å². The van der Waals surface area contributed by atoms with E-state index < -0.39 is 0 Å². The van der Waals surface area contributed by atoms with E-state index in [1.807, 2.05) is 13.8 Å². The summed E-state index contributed by atoms with van der Waals surface area (Å²) in [5.41, 5.74) is 2.90. The van der Waals surface area contributed by atoms with Crippen LogP contribution in [0.5, 0.6) is 0 Å². The average Bonchev–Trinajstić information content (AvgIpc) is 2.56. The molecule has 2 aliphatic carbocycles. The van der Waals surface area contributed by atoms with Crippen LogP contribution in [-0.2, 0) is 14.3 Å². The van der Waals surface area contributed by atoms with Crippen LogP contribution in [-0.4, -0.2) is 17.9 Å². The predicted octanol–water partition coefficient (Wildman–Crippen LogP) is 3.45. The molecule has 0 aliphatic heterocycles. The lowest BCUT2D eigenvalue weighted by Gasteiger charge is -2.28. The van der Waals surface area contributed by atoms with Crippen molar-refractivity contribution in [2.24, 2.45) is 17.8 Å². The lowest BCUT2D eigenvalue weighted by Crippen LogP contribution is -2.30. The van der Waals surface area contributed by atoms with Gasteiger partial charge in [0.05, 0.1) is 0 Å². The zero-order chi connectivity index (χ0) is 15.0. The first-order valence-corrected chi connectivity index (χ1v) is 7.39. The Morgan fingerprint density at radius 2 is 1.95 bits per heavy atom. The molecule has 4 unspecified atom stereocenters. The first-order chi connectivity index (χ1) is 9.32. The normalized spacial score (nSPS) is 33.7. The molecule has 0 saturated heterocycles. The average molecular weight is 276 g/mol. The highest BCUT2D eigenvalue weighted by atomic mass is 16.5. The van der Waals surface area contributed by atoms with Crippen molar-refractivity contribution < 1.29 is 14.3 Å². The highest BCUT2D eigenvalue weighted by molar-refractivity contribution is 5.99. The number of hydrogen-bond donors (Lipinski definition) is 0. The minimum atomic E-state index is -0.300. The molecule has 0 aromatic heterocycles. The summed E-state index contributed by atoms with van der Waals surface area (Å²) in [7, 11) is 0. The van der Waals surface area contributed by atoms with E-state index in [1.165, 1.54) is 6.92 Å². The van der Waals surface area contributed by atoms with Crippen molar-refractivity contribution in [3.8, 4) is 0 Å². The zero-order valence-electron chi connectivity index (χ0n) is 12.9. The van der Waals surface area contributed by atoms with E-state index in [2.05, 4.69) is 13.5 Å². The smallest absolute Gasteiger partial charge is 0.303 e. The monoisotopic (exact) mass is 276 g/mol. The number of esters is 1. The molecule has 0 aromatic carbocycles. The van der Waals surface area contributed by atoms with Crippen LogP contribution in [0, 0.1) is 17.8 Å². The number of carbonyl (C=O) groups excluding carboxylic acids is 2. The molecule has 0 amide bonds. The standard InChI is InChI=1S/C17H24O3/c1-9(2)13-7-6-10(3)14-8-15(19)11(4)16(14)17(13)20-12(5)18/h10,13-14,17H,1,6-8H2,2-5H3. The summed E-state index contributed by atoms with van der Waals surface area (Å²) in [4.78, 5) is 23.6. The molecule has 1 saturated carbocycles. The molecule has 0 heterocycles. The molecule has 3 heteroatoms. The molecule has 0 aromatic rings. The number of ether oxygens (including phenoxy) is 1. The van der Waals surface area contributed by atoms with Crippen LogP contribution >= 0.6 is 0 Å². The maximum Gasteiger partial charge on any atom is 0.303 e. The van der Waals surface area contributed by atoms with E-state index in [4.69, 9.17) is 4.74 Å². The highest BCUT2D eigenvalue weighted by Crippen LogP contribution is 2.46. The van der Waals surface area contributed by atoms with Gasteiger partial charge >= 0.3 is 5.97 Å². The summed E-state index contributed by atoms with van der Waals surface area (Å²) in [6.07, 6.45) is 2.29. The lowest BCUT2D eigenvalue weighted by molar-refractivity contribution is -0.146. The molecule has 0 bridgehead atoms. The van der Waals surface area contributed by atoms with Crippen LogP contribution in [0.3, 0.4) is 0 Å². The largest absolute Gasteiger partial charge is 0.457 e. The fourth-order valence-electron chi connectivity index (χ4n) is 3.67. The van der Waals surface area contributed by atoms with Gasteiger partial charge in [-0.05, 0) is 49.7 Å². The maximum atomic E-state index is 12.1. The molecular weight excluding hydrogens is 252 g/mol. The number of allylic oxidation sites excluding steroid dienone is 1. The Kier molecular flexibility index (Phi) is 4.17. The molecule has 20 heavy (non-hydrogen) atoms. The molecule has 0 spiro atoms. The molecule has 0 N–H and O–H groups in total. The summed E-state index contributed by atoms with van der Waals surface area (Å²) >= 11 is 0. The third-order valence-electron chi connectivity index (χ3n) is 4.87. The number of fused-ring (bicyclic) bond motifs is 1. The number of rotatable bonds is 2. The number of ketones is 1. The Bertz CT molecular complexity index is 486. The van der Waals surface area contributed by atoms with Gasteiger partial charge in [-0.2, -0.15) is 0 Å². The topological polar surface area (TPSA) is 43.4 Å². The molecule has 110 valence electrons. The van der Waals surface area contributed by atoms with Crippen molar-refractivity contribution >= 4 is 11.8 Å². The SMILES string of the molecule is C=C(C)C1CCC(C)C2CC(=O)C(C)=C2C1OC(C)=O. The van der Waals surface area contributed by atoms with Crippen molar-refractivity contribution in [2.75, 3.05) is 0 Å². The second-order valence-electron chi connectivity index (χ2n) is 6.35. The second kappa shape index (κ2) is 5.55. The van der Waals surface area contributed by atoms with E-state index in [-0.39, 0.29) is 29.7 Å². The van der Waals surface area contributed by atoms with Crippen LogP contribution in [0.1, 0.15) is 47.0 Å². The molecular formula is C17H24O3. The maximum absolute atomic E-state index is 12.1. The minimum Gasteiger partial charge on any atom is -0.457 e. The summed E-state index contributed by atoms with van der Waals surface area (Å²) in [6.45, 7) is 11.6. The van der Waals surface area contributed by atoms with Gasteiger partial charge in [-0.3, -0.25) is 9.59 Å².